The predicted octanol–water partition coefficient (Wildman–Crippen LogP) is 2.85. The third kappa shape index (κ3) is 4.75. The molecule has 1 aliphatic heterocycles. The summed E-state index contributed by atoms with van der Waals surface area (Å²) in [6, 6.07) is 13.8. The summed E-state index contributed by atoms with van der Waals surface area (Å²) in [4.78, 5) is 49.2. The fourth-order valence-corrected chi connectivity index (χ4v) is 3.13. The van der Waals surface area contributed by atoms with Gasteiger partial charge < -0.3 is 10.1 Å². The van der Waals surface area contributed by atoms with Gasteiger partial charge in [-0.2, -0.15) is 0 Å². The lowest BCUT2D eigenvalue weighted by Gasteiger charge is -2.13. The smallest absolute Gasteiger partial charge is 0.306 e. The van der Waals surface area contributed by atoms with Crippen LogP contribution in [0.25, 0.3) is 0 Å². The van der Waals surface area contributed by atoms with Crippen LogP contribution in [0.5, 0.6) is 0 Å². The number of benzene rings is 2. The number of halogens is 1. The highest BCUT2D eigenvalue weighted by atomic mass is 127. The van der Waals surface area contributed by atoms with Gasteiger partial charge in [0.2, 0.25) is 0 Å². The van der Waals surface area contributed by atoms with E-state index in [9.17, 15) is 19.2 Å². The van der Waals surface area contributed by atoms with Crippen LogP contribution in [0.4, 0.5) is 5.69 Å². The van der Waals surface area contributed by atoms with E-state index >= 15 is 0 Å². The molecule has 1 aliphatic rings. The molecule has 0 radical (unpaired) electrons. The minimum Gasteiger partial charge on any atom is -0.456 e. The molecular weight excluding hydrogens is 475 g/mol. The topological polar surface area (TPSA) is 92.8 Å². The highest BCUT2D eigenvalue weighted by molar-refractivity contribution is 14.1. The quantitative estimate of drug-likeness (QED) is 0.365. The molecule has 8 heteroatoms. The van der Waals surface area contributed by atoms with Gasteiger partial charge in [-0.05, 0) is 65.4 Å². The maximum Gasteiger partial charge on any atom is 0.306 e. The number of esters is 1. The van der Waals surface area contributed by atoms with Gasteiger partial charge in [0.15, 0.2) is 6.61 Å². The van der Waals surface area contributed by atoms with Crippen molar-refractivity contribution in [3.8, 4) is 0 Å². The summed E-state index contributed by atoms with van der Waals surface area (Å²) < 4.78 is 5.98. The normalized spacial score (nSPS) is 12.7. The zero-order chi connectivity index (χ0) is 20.1. The maximum atomic E-state index is 12.2. The number of hydrogen-bond acceptors (Lipinski definition) is 5. The Bertz CT molecular complexity index is 891. The molecule has 1 heterocycles. The maximum absolute atomic E-state index is 12.2. The summed E-state index contributed by atoms with van der Waals surface area (Å²) >= 11 is 2.16. The number of ether oxygens (including phenoxy) is 1. The minimum absolute atomic E-state index is 0.00418. The van der Waals surface area contributed by atoms with Gasteiger partial charge in [0.05, 0.1) is 11.1 Å². The van der Waals surface area contributed by atoms with Crippen molar-refractivity contribution < 1.29 is 23.9 Å². The number of carbonyl (C=O) groups excluding carboxylic acids is 4. The van der Waals surface area contributed by atoms with Crippen LogP contribution in [0.3, 0.4) is 0 Å². The molecule has 0 atom stereocenters. The van der Waals surface area contributed by atoms with Crippen molar-refractivity contribution >= 4 is 52.0 Å². The molecule has 0 aliphatic carbocycles. The van der Waals surface area contributed by atoms with Crippen LogP contribution in [0.15, 0.2) is 48.5 Å². The highest BCUT2D eigenvalue weighted by Crippen LogP contribution is 2.22. The molecule has 3 rings (SSSR count). The number of rotatable bonds is 7. The monoisotopic (exact) mass is 492 g/mol. The average Bonchev–Trinajstić information content (AvgIpc) is 2.93. The lowest BCUT2D eigenvalue weighted by molar-refractivity contribution is -0.147. The van der Waals surface area contributed by atoms with Gasteiger partial charge in [-0.3, -0.25) is 24.1 Å². The third-order valence-electron chi connectivity index (χ3n) is 4.13. The zero-order valence-corrected chi connectivity index (χ0v) is 17.0. The fourth-order valence-electron chi connectivity index (χ4n) is 2.77. The van der Waals surface area contributed by atoms with Crippen molar-refractivity contribution in [2.24, 2.45) is 0 Å². The van der Waals surface area contributed by atoms with Gasteiger partial charge in [0.25, 0.3) is 17.7 Å². The van der Waals surface area contributed by atoms with E-state index in [1.807, 2.05) is 12.1 Å². The third-order valence-corrected chi connectivity index (χ3v) is 4.85. The van der Waals surface area contributed by atoms with Gasteiger partial charge in [0.1, 0.15) is 0 Å². The standard InChI is InChI=1S/C20H17IN2O5/c21-13-7-9-14(10-8-13)22-17(24)12-28-18(25)6-3-11-23-19(26)15-4-1-2-5-16(15)20(23)27/h1-2,4-5,7-10H,3,6,11-12H2,(H,22,24). The van der Waals surface area contributed by atoms with Crippen LogP contribution < -0.4 is 5.32 Å². The Hall–Kier alpha value is -2.75. The lowest BCUT2D eigenvalue weighted by Crippen LogP contribution is -2.31. The molecule has 3 amide bonds. The van der Waals surface area contributed by atoms with Gasteiger partial charge in [-0.25, -0.2) is 0 Å². The Morgan fingerprint density at radius 3 is 2.18 bits per heavy atom. The second kappa shape index (κ2) is 8.96. The minimum atomic E-state index is -0.561. The van der Waals surface area contributed by atoms with Crippen LogP contribution in [0, 0.1) is 3.57 Å². The van der Waals surface area contributed by atoms with Crippen molar-refractivity contribution in [1.82, 2.24) is 4.90 Å². The van der Waals surface area contributed by atoms with Crippen molar-refractivity contribution in [2.45, 2.75) is 12.8 Å². The number of carbonyl (C=O) groups is 4. The van der Waals surface area contributed by atoms with Crippen molar-refractivity contribution in [3.05, 3.63) is 63.2 Å². The molecule has 0 saturated heterocycles. The number of amides is 3. The summed E-state index contributed by atoms with van der Waals surface area (Å²) in [5.41, 5.74) is 1.37. The first-order valence-electron chi connectivity index (χ1n) is 8.62. The molecule has 28 heavy (non-hydrogen) atoms. The van der Waals surface area contributed by atoms with E-state index in [0.29, 0.717) is 16.8 Å². The van der Waals surface area contributed by atoms with Gasteiger partial charge >= 0.3 is 5.97 Å². The number of nitrogens with one attached hydrogen (secondary N) is 1. The van der Waals surface area contributed by atoms with Crippen LogP contribution in [-0.2, 0) is 14.3 Å². The molecule has 0 fully saturated rings. The Morgan fingerprint density at radius 1 is 0.964 bits per heavy atom. The molecule has 0 spiro atoms. The molecular formula is C20H17IN2O5. The Balaban J connectivity index is 1.39. The van der Waals surface area contributed by atoms with E-state index in [-0.39, 0.29) is 31.2 Å². The van der Waals surface area contributed by atoms with Crippen LogP contribution in [0.1, 0.15) is 33.6 Å². The summed E-state index contributed by atoms with van der Waals surface area (Å²) in [5.74, 6) is -1.71. The van der Waals surface area contributed by atoms with Gasteiger partial charge in [-0.15, -0.1) is 0 Å². The van der Waals surface area contributed by atoms with Crippen LogP contribution >= 0.6 is 22.6 Å². The molecule has 1 N–H and O–H groups in total. The second-order valence-electron chi connectivity index (χ2n) is 6.13. The lowest BCUT2D eigenvalue weighted by atomic mass is 10.1. The SMILES string of the molecule is O=C(COC(=O)CCCN1C(=O)c2ccccc2C1=O)Nc1ccc(I)cc1. The average molecular weight is 492 g/mol. The number of imide groups is 1. The first-order chi connectivity index (χ1) is 13.5. The number of fused-ring (bicyclic) bond motifs is 1. The zero-order valence-electron chi connectivity index (χ0n) is 14.8. The van der Waals surface area contributed by atoms with Crippen molar-refractivity contribution in [1.29, 1.82) is 0 Å². The first kappa shape index (κ1) is 20.0. The molecule has 144 valence electrons. The van der Waals surface area contributed by atoms with Crippen molar-refractivity contribution in [3.63, 3.8) is 0 Å². The molecule has 7 nitrogen and oxygen atoms in total. The number of hydrogen-bond donors (Lipinski definition) is 1. The van der Waals surface area contributed by atoms with E-state index in [1.54, 1.807) is 36.4 Å². The van der Waals surface area contributed by atoms with Crippen LogP contribution in [-0.4, -0.2) is 41.7 Å². The van der Waals surface area contributed by atoms with E-state index in [1.165, 1.54) is 0 Å². The van der Waals surface area contributed by atoms with Gasteiger partial charge in [0, 0.05) is 22.2 Å². The van der Waals surface area contributed by atoms with E-state index in [2.05, 4.69) is 27.9 Å². The number of nitrogens with zero attached hydrogens (tertiary/aromatic N) is 1. The fraction of sp³-hybridized carbons (Fsp3) is 0.200. The summed E-state index contributed by atoms with van der Waals surface area (Å²) in [6.07, 6.45) is 0.271. The Labute approximate surface area is 175 Å². The largest absolute Gasteiger partial charge is 0.456 e. The molecule has 2 aromatic carbocycles. The van der Waals surface area contributed by atoms with Gasteiger partial charge in [-0.1, -0.05) is 12.1 Å². The van der Waals surface area contributed by atoms with E-state index < -0.39 is 18.5 Å². The molecule has 0 bridgehead atoms. The summed E-state index contributed by atoms with van der Waals surface area (Å²) in [7, 11) is 0. The Morgan fingerprint density at radius 2 is 1.57 bits per heavy atom. The van der Waals surface area contributed by atoms with E-state index in [0.717, 1.165) is 8.47 Å². The summed E-state index contributed by atoms with van der Waals surface area (Å²) in [6.45, 7) is -0.270. The molecule has 0 aromatic heterocycles. The second-order valence-corrected chi connectivity index (χ2v) is 7.37. The highest BCUT2D eigenvalue weighted by Gasteiger charge is 2.34. The predicted molar refractivity (Wildman–Crippen MR) is 110 cm³/mol. The van der Waals surface area contributed by atoms with E-state index in [4.69, 9.17) is 4.74 Å². The van der Waals surface area contributed by atoms with Crippen LogP contribution in [0.2, 0.25) is 0 Å². The molecule has 0 unspecified atom stereocenters. The summed E-state index contributed by atoms with van der Waals surface area (Å²) in [5, 5.41) is 2.63. The molecule has 2 aromatic rings. The first-order valence-corrected chi connectivity index (χ1v) is 9.70. The number of anilines is 1. The van der Waals surface area contributed by atoms with Crippen molar-refractivity contribution in [2.75, 3.05) is 18.5 Å². The Kier molecular flexibility index (Phi) is 6.40. The molecule has 0 saturated carbocycles.